The highest BCUT2D eigenvalue weighted by atomic mass is 32.2. The molecule has 6 nitrogen and oxygen atoms in total. The van der Waals surface area contributed by atoms with E-state index in [2.05, 4.69) is 15.2 Å². The van der Waals surface area contributed by atoms with Crippen molar-refractivity contribution >= 4 is 23.4 Å². The van der Waals surface area contributed by atoms with E-state index in [0.717, 1.165) is 42.4 Å². The Morgan fingerprint density at radius 3 is 2.68 bits per heavy atom. The number of aromatic nitrogens is 1. The van der Waals surface area contributed by atoms with Crippen molar-refractivity contribution < 1.29 is 9.21 Å². The van der Waals surface area contributed by atoms with Crippen LogP contribution in [0.4, 0.5) is 5.69 Å². The van der Waals surface area contributed by atoms with E-state index in [1.165, 1.54) is 12.3 Å². The summed E-state index contributed by atoms with van der Waals surface area (Å²) >= 11 is 1.97. The number of furan rings is 1. The Bertz CT molecular complexity index is 1010. The minimum atomic E-state index is -0.447. The van der Waals surface area contributed by atoms with Crippen molar-refractivity contribution in [3.8, 4) is 11.5 Å². The number of anilines is 1. The smallest absolute Gasteiger partial charge is 0.261 e. The first-order valence-electron chi connectivity index (χ1n) is 9.17. The Labute approximate surface area is 166 Å². The molecule has 1 amide bonds. The van der Waals surface area contributed by atoms with E-state index >= 15 is 0 Å². The molecule has 4 rings (SSSR count). The minimum Gasteiger partial charge on any atom is -0.463 e. The number of H-pyrrole nitrogens is 1. The predicted molar refractivity (Wildman–Crippen MR) is 112 cm³/mol. The molecular weight excluding hydrogens is 374 g/mol. The van der Waals surface area contributed by atoms with Gasteiger partial charge in [-0.1, -0.05) is 18.2 Å². The minimum absolute atomic E-state index is 0.0690. The van der Waals surface area contributed by atoms with Crippen LogP contribution in [0.5, 0.6) is 0 Å². The zero-order valence-corrected chi connectivity index (χ0v) is 16.1. The fourth-order valence-electron chi connectivity index (χ4n) is 3.20. The maximum atomic E-state index is 12.7. The summed E-state index contributed by atoms with van der Waals surface area (Å²) < 4.78 is 5.28. The summed E-state index contributed by atoms with van der Waals surface area (Å²) in [5, 5.41) is 2.90. The Balaban J connectivity index is 1.51. The fourth-order valence-corrected chi connectivity index (χ4v) is 4.18. The number of nitrogens with one attached hydrogen (secondary N) is 2. The van der Waals surface area contributed by atoms with Crippen molar-refractivity contribution in [1.82, 2.24) is 9.88 Å². The number of rotatable bonds is 5. The zero-order valence-electron chi connectivity index (χ0n) is 15.3. The van der Waals surface area contributed by atoms with E-state index < -0.39 is 11.5 Å². The summed E-state index contributed by atoms with van der Waals surface area (Å²) in [4.78, 5) is 30.2. The van der Waals surface area contributed by atoms with Crippen LogP contribution in [0.25, 0.3) is 11.5 Å². The number of carbonyl (C=O) groups is 1. The second-order valence-electron chi connectivity index (χ2n) is 6.59. The van der Waals surface area contributed by atoms with E-state index in [1.807, 2.05) is 36.0 Å². The standard InChI is InChI=1S/C21H21N3O3S/c25-20(16-7-8-18(23-21(16)26)19-6-3-11-27-19)22-17-5-2-1-4-15(17)14-24-9-12-28-13-10-24/h1-8,11H,9-10,12-14H2,(H,22,25)(H,23,26). The molecule has 1 fully saturated rings. The largest absolute Gasteiger partial charge is 0.463 e. The van der Waals surface area contributed by atoms with Crippen LogP contribution in [0, 0.1) is 0 Å². The van der Waals surface area contributed by atoms with Gasteiger partial charge in [0.1, 0.15) is 11.3 Å². The molecule has 1 saturated heterocycles. The van der Waals surface area contributed by atoms with Gasteiger partial charge in [-0.15, -0.1) is 0 Å². The average molecular weight is 395 g/mol. The number of thioether (sulfide) groups is 1. The number of pyridine rings is 1. The molecule has 0 radical (unpaired) electrons. The van der Waals surface area contributed by atoms with Gasteiger partial charge >= 0.3 is 0 Å². The predicted octanol–water partition coefficient (Wildman–Crippen LogP) is 3.44. The molecule has 1 aliphatic rings. The fraction of sp³-hybridized carbons (Fsp3) is 0.238. The molecule has 7 heteroatoms. The quantitative estimate of drug-likeness (QED) is 0.692. The van der Waals surface area contributed by atoms with E-state index in [4.69, 9.17) is 4.42 Å². The molecule has 144 valence electrons. The lowest BCUT2D eigenvalue weighted by molar-refractivity contribution is 0.102. The van der Waals surface area contributed by atoms with Crippen molar-refractivity contribution in [3.05, 3.63) is 76.3 Å². The molecule has 0 atom stereocenters. The second-order valence-corrected chi connectivity index (χ2v) is 7.82. The summed E-state index contributed by atoms with van der Waals surface area (Å²) in [6, 6.07) is 14.4. The molecule has 0 spiro atoms. The van der Waals surface area contributed by atoms with E-state index in [0.29, 0.717) is 11.5 Å². The monoisotopic (exact) mass is 395 g/mol. The van der Waals surface area contributed by atoms with Gasteiger partial charge in [-0.05, 0) is 35.9 Å². The molecule has 0 unspecified atom stereocenters. The van der Waals surface area contributed by atoms with E-state index in [9.17, 15) is 9.59 Å². The van der Waals surface area contributed by atoms with Crippen LogP contribution in [-0.2, 0) is 6.54 Å². The highest BCUT2D eigenvalue weighted by Crippen LogP contribution is 2.21. The lowest BCUT2D eigenvalue weighted by Crippen LogP contribution is -2.32. The average Bonchev–Trinajstić information content (AvgIpc) is 3.25. The first kappa shape index (κ1) is 18.6. The van der Waals surface area contributed by atoms with E-state index in [-0.39, 0.29) is 5.56 Å². The molecule has 0 aliphatic carbocycles. The van der Waals surface area contributed by atoms with Crippen LogP contribution in [0.1, 0.15) is 15.9 Å². The number of hydrogen-bond donors (Lipinski definition) is 2. The highest BCUT2D eigenvalue weighted by molar-refractivity contribution is 7.99. The molecule has 1 aromatic carbocycles. The lowest BCUT2D eigenvalue weighted by atomic mass is 10.1. The topological polar surface area (TPSA) is 78.3 Å². The highest BCUT2D eigenvalue weighted by Gasteiger charge is 2.16. The third-order valence-electron chi connectivity index (χ3n) is 4.70. The first-order valence-corrected chi connectivity index (χ1v) is 10.3. The van der Waals surface area contributed by atoms with Crippen molar-refractivity contribution in [2.75, 3.05) is 29.9 Å². The molecule has 0 bridgehead atoms. The number of aromatic amines is 1. The van der Waals surface area contributed by atoms with Crippen LogP contribution in [0.15, 0.2) is 64.0 Å². The maximum Gasteiger partial charge on any atom is 0.261 e. The van der Waals surface area contributed by atoms with Gasteiger partial charge in [0, 0.05) is 36.8 Å². The molecule has 0 saturated carbocycles. The van der Waals surface area contributed by atoms with Crippen molar-refractivity contribution in [1.29, 1.82) is 0 Å². The van der Waals surface area contributed by atoms with Crippen LogP contribution < -0.4 is 10.9 Å². The summed E-state index contributed by atoms with van der Waals surface area (Å²) in [7, 11) is 0. The summed E-state index contributed by atoms with van der Waals surface area (Å²) in [6.07, 6.45) is 1.53. The number of nitrogens with zero attached hydrogens (tertiary/aromatic N) is 1. The SMILES string of the molecule is O=C(Nc1ccccc1CN1CCSCC1)c1ccc(-c2ccco2)[nH]c1=O. The second kappa shape index (κ2) is 8.50. The Hall–Kier alpha value is -2.77. The number of hydrogen-bond acceptors (Lipinski definition) is 5. The number of para-hydroxylation sites is 1. The van der Waals surface area contributed by atoms with Crippen molar-refractivity contribution in [3.63, 3.8) is 0 Å². The molecule has 28 heavy (non-hydrogen) atoms. The van der Waals surface area contributed by atoms with Crippen LogP contribution in [-0.4, -0.2) is 40.4 Å². The van der Waals surface area contributed by atoms with Crippen molar-refractivity contribution in [2.24, 2.45) is 0 Å². The number of carbonyl (C=O) groups excluding carboxylic acids is 1. The molecule has 3 heterocycles. The Morgan fingerprint density at radius 2 is 1.93 bits per heavy atom. The van der Waals surface area contributed by atoms with Gasteiger partial charge in [-0.2, -0.15) is 11.8 Å². The summed E-state index contributed by atoms with van der Waals surface area (Å²) in [5.41, 5.74) is 1.94. The number of amides is 1. The molecule has 1 aliphatic heterocycles. The van der Waals surface area contributed by atoms with Gasteiger partial charge in [0.25, 0.3) is 11.5 Å². The molecule has 2 N–H and O–H groups in total. The Kier molecular flexibility index (Phi) is 5.64. The Morgan fingerprint density at radius 1 is 1.11 bits per heavy atom. The van der Waals surface area contributed by atoms with Crippen LogP contribution in [0.2, 0.25) is 0 Å². The zero-order chi connectivity index (χ0) is 19.3. The molecule has 3 aromatic rings. The van der Waals surface area contributed by atoms with Gasteiger partial charge in [-0.25, -0.2) is 0 Å². The normalized spacial score (nSPS) is 14.7. The third kappa shape index (κ3) is 4.21. The first-order chi connectivity index (χ1) is 13.7. The van der Waals surface area contributed by atoms with Gasteiger partial charge in [0.05, 0.1) is 12.0 Å². The molecule has 2 aromatic heterocycles. The van der Waals surface area contributed by atoms with Gasteiger partial charge in [0.2, 0.25) is 0 Å². The van der Waals surface area contributed by atoms with Gasteiger partial charge in [-0.3, -0.25) is 14.5 Å². The van der Waals surface area contributed by atoms with Gasteiger partial charge < -0.3 is 14.7 Å². The van der Waals surface area contributed by atoms with Gasteiger partial charge in [0.15, 0.2) is 0 Å². The lowest BCUT2D eigenvalue weighted by Gasteiger charge is -2.27. The van der Waals surface area contributed by atoms with E-state index in [1.54, 1.807) is 18.2 Å². The third-order valence-corrected chi connectivity index (χ3v) is 5.65. The van der Waals surface area contributed by atoms with Crippen LogP contribution >= 0.6 is 11.8 Å². The summed E-state index contributed by atoms with van der Waals surface area (Å²) in [6.45, 7) is 2.87. The molecular formula is C21H21N3O3S. The van der Waals surface area contributed by atoms with Crippen LogP contribution in [0.3, 0.4) is 0 Å². The van der Waals surface area contributed by atoms with Crippen molar-refractivity contribution in [2.45, 2.75) is 6.54 Å². The number of benzene rings is 1. The summed E-state index contributed by atoms with van der Waals surface area (Å²) in [5.74, 6) is 2.39. The maximum absolute atomic E-state index is 12.7.